The van der Waals surface area contributed by atoms with Crippen molar-refractivity contribution in [2.24, 2.45) is 0 Å². The summed E-state index contributed by atoms with van der Waals surface area (Å²) in [7, 11) is 0. The van der Waals surface area contributed by atoms with Crippen molar-refractivity contribution < 1.29 is 4.79 Å². The number of benzene rings is 1. The van der Waals surface area contributed by atoms with E-state index in [0.717, 1.165) is 5.56 Å². The van der Waals surface area contributed by atoms with Crippen LogP contribution in [-0.2, 0) is 0 Å². The van der Waals surface area contributed by atoms with E-state index in [9.17, 15) is 4.79 Å². The Morgan fingerprint density at radius 1 is 1.28 bits per heavy atom. The van der Waals surface area contributed by atoms with Crippen molar-refractivity contribution in [3.63, 3.8) is 0 Å². The molecular weight excluding hydrogens is 273 g/mol. The summed E-state index contributed by atoms with van der Waals surface area (Å²) in [5, 5.41) is 3.61. The van der Waals surface area contributed by atoms with Crippen LogP contribution in [-0.4, -0.2) is 16.3 Å². The molecule has 18 heavy (non-hydrogen) atoms. The van der Waals surface area contributed by atoms with Crippen LogP contribution in [0.2, 0.25) is 10.2 Å². The minimum Gasteiger partial charge on any atom is -0.338 e. The van der Waals surface area contributed by atoms with Gasteiger partial charge in [-0.15, -0.1) is 0 Å². The molecule has 0 saturated heterocycles. The van der Waals surface area contributed by atoms with E-state index in [-0.39, 0.29) is 10.7 Å². The van der Waals surface area contributed by atoms with Crippen LogP contribution in [0.3, 0.4) is 0 Å². The van der Waals surface area contributed by atoms with E-state index in [1.54, 1.807) is 6.07 Å². The Bertz CT molecular complexity index is 602. The van der Waals surface area contributed by atoms with Gasteiger partial charge in [0, 0.05) is 0 Å². The summed E-state index contributed by atoms with van der Waals surface area (Å²) in [4.78, 5) is 18.7. The number of aryl methyl sites for hydroxylation is 1. The average Bonchev–Trinajstić information content (AvgIpc) is 2.34. The lowest BCUT2D eigenvalue weighted by Gasteiger charge is -2.10. The van der Waals surface area contributed by atoms with Crippen molar-refractivity contribution in [3.8, 4) is 0 Å². The zero-order valence-electron chi connectivity index (χ0n) is 9.45. The van der Waals surface area contributed by atoms with Gasteiger partial charge in [0.05, 0.1) is 16.3 Å². The number of aromatic nitrogens is 2. The monoisotopic (exact) mass is 281 g/mol. The van der Waals surface area contributed by atoms with E-state index in [0.29, 0.717) is 22.8 Å². The predicted molar refractivity (Wildman–Crippen MR) is 71.9 cm³/mol. The molecule has 0 spiro atoms. The highest BCUT2D eigenvalue weighted by Crippen LogP contribution is 2.27. The molecule has 2 aromatic rings. The van der Waals surface area contributed by atoms with Crippen LogP contribution in [0.15, 0.2) is 24.5 Å². The average molecular weight is 282 g/mol. The van der Waals surface area contributed by atoms with E-state index in [2.05, 4.69) is 15.3 Å². The van der Waals surface area contributed by atoms with E-state index in [1.165, 1.54) is 6.33 Å². The summed E-state index contributed by atoms with van der Waals surface area (Å²) in [6, 6.07) is 5.51. The third-order valence-electron chi connectivity index (χ3n) is 2.33. The lowest BCUT2D eigenvalue weighted by Crippen LogP contribution is -2.01. The van der Waals surface area contributed by atoms with Gasteiger partial charge in [-0.05, 0) is 24.6 Å². The number of aldehydes is 1. The molecule has 0 amide bonds. The molecule has 4 nitrogen and oxygen atoms in total. The maximum absolute atomic E-state index is 11.0. The maximum atomic E-state index is 11.0. The fraction of sp³-hybridized carbons (Fsp3) is 0.0833. The Kier molecular flexibility index (Phi) is 3.79. The van der Waals surface area contributed by atoms with Crippen LogP contribution >= 0.6 is 23.2 Å². The van der Waals surface area contributed by atoms with Crippen molar-refractivity contribution in [1.29, 1.82) is 0 Å². The lowest BCUT2D eigenvalue weighted by atomic mass is 10.2. The highest BCUT2D eigenvalue weighted by atomic mass is 35.5. The zero-order chi connectivity index (χ0) is 13.1. The first-order valence-corrected chi connectivity index (χ1v) is 5.86. The normalized spacial score (nSPS) is 10.2. The molecule has 0 aliphatic heterocycles. The summed E-state index contributed by atoms with van der Waals surface area (Å²) in [6.45, 7) is 1.94. The number of anilines is 2. The summed E-state index contributed by atoms with van der Waals surface area (Å²) in [5.41, 5.74) is 1.90. The molecule has 6 heteroatoms. The van der Waals surface area contributed by atoms with Crippen LogP contribution in [0, 0.1) is 6.92 Å². The van der Waals surface area contributed by atoms with Crippen LogP contribution in [0.25, 0.3) is 0 Å². The second-order valence-corrected chi connectivity index (χ2v) is 4.42. The Balaban J connectivity index is 2.43. The minimum absolute atomic E-state index is 0.103. The van der Waals surface area contributed by atoms with Gasteiger partial charge >= 0.3 is 0 Å². The van der Waals surface area contributed by atoms with Crippen LogP contribution in [0.5, 0.6) is 0 Å². The van der Waals surface area contributed by atoms with Gasteiger partial charge < -0.3 is 5.32 Å². The molecule has 0 unspecified atom stereocenters. The maximum Gasteiger partial charge on any atom is 0.156 e. The van der Waals surface area contributed by atoms with Crippen LogP contribution < -0.4 is 5.32 Å². The number of nitrogens with zero attached hydrogens (tertiary/aromatic N) is 2. The van der Waals surface area contributed by atoms with Gasteiger partial charge in [0.15, 0.2) is 6.29 Å². The van der Waals surface area contributed by atoms with Crippen molar-refractivity contribution in [2.75, 3.05) is 5.32 Å². The van der Waals surface area contributed by atoms with E-state index in [4.69, 9.17) is 23.2 Å². The van der Waals surface area contributed by atoms with E-state index >= 15 is 0 Å². The molecule has 0 fully saturated rings. The third kappa shape index (κ3) is 2.60. The number of hydrogen-bond donors (Lipinski definition) is 1. The van der Waals surface area contributed by atoms with Gasteiger partial charge in [-0.2, -0.15) is 0 Å². The SMILES string of the molecule is Cc1ccc(Cl)c(Nc2ncnc(Cl)c2C=O)c1. The fourth-order valence-corrected chi connectivity index (χ4v) is 1.78. The Labute approximate surface area is 114 Å². The van der Waals surface area contributed by atoms with Gasteiger partial charge in [0.25, 0.3) is 0 Å². The Hall–Kier alpha value is -1.65. The highest BCUT2D eigenvalue weighted by Gasteiger charge is 2.10. The Morgan fingerprint density at radius 3 is 2.78 bits per heavy atom. The first-order chi connectivity index (χ1) is 8.61. The van der Waals surface area contributed by atoms with Crippen LogP contribution in [0.1, 0.15) is 15.9 Å². The number of hydrogen-bond acceptors (Lipinski definition) is 4. The summed E-state index contributed by atoms with van der Waals surface area (Å²) in [6.07, 6.45) is 1.88. The molecule has 0 aliphatic rings. The minimum atomic E-state index is 0.103. The van der Waals surface area contributed by atoms with Gasteiger partial charge in [0.1, 0.15) is 17.3 Å². The second kappa shape index (κ2) is 5.33. The van der Waals surface area contributed by atoms with Crippen molar-refractivity contribution in [2.45, 2.75) is 6.92 Å². The largest absolute Gasteiger partial charge is 0.338 e. The molecule has 1 heterocycles. The van der Waals surface area contributed by atoms with Gasteiger partial charge in [-0.1, -0.05) is 29.3 Å². The third-order valence-corrected chi connectivity index (χ3v) is 2.96. The molecule has 0 bridgehead atoms. The standard InChI is InChI=1S/C12H9Cl2N3O/c1-7-2-3-9(13)10(4-7)17-12-8(5-18)11(14)15-6-16-12/h2-6H,1H3,(H,15,16,17). The Morgan fingerprint density at radius 2 is 2.06 bits per heavy atom. The predicted octanol–water partition coefficient (Wildman–Crippen LogP) is 3.65. The molecule has 0 aliphatic carbocycles. The van der Waals surface area contributed by atoms with E-state index < -0.39 is 0 Å². The molecule has 92 valence electrons. The lowest BCUT2D eigenvalue weighted by molar-refractivity contribution is 0.112. The highest BCUT2D eigenvalue weighted by molar-refractivity contribution is 6.33. The molecule has 1 aromatic heterocycles. The smallest absolute Gasteiger partial charge is 0.156 e. The number of carbonyl (C=O) groups is 1. The molecule has 2 rings (SSSR count). The molecule has 1 N–H and O–H groups in total. The molecule has 1 aromatic carbocycles. The van der Waals surface area contributed by atoms with Gasteiger partial charge in [-0.3, -0.25) is 4.79 Å². The second-order valence-electron chi connectivity index (χ2n) is 3.65. The quantitative estimate of drug-likeness (QED) is 0.689. The van der Waals surface area contributed by atoms with Crippen molar-refractivity contribution in [3.05, 3.63) is 45.8 Å². The zero-order valence-corrected chi connectivity index (χ0v) is 11.0. The van der Waals surface area contributed by atoms with Crippen LogP contribution in [0.4, 0.5) is 11.5 Å². The number of rotatable bonds is 3. The summed E-state index contributed by atoms with van der Waals surface area (Å²) >= 11 is 11.9. The van der Waals surface area contributed by atoms with Gasteiger partial charge in [0.2, 0.25) is 0 Å². The topological polar surface area (TPSA) is 54.9 Å². The number of halogens is 2. The molecule has 0 radical (unpaired) electrons. The number of nitrogens with one attached hydrogen (secondary N) is 1. The molecule has 0 saturated carbocycles. The summed E-state index contributed by atoms with van der Waals surface area (Å²) < 4.78 is 0. The molecule has 0 atom stereocenters. The van der Waals surface area contributed by atoms with Crippen molar-refractivity contribution >= 4 is 41.0 Å². The fourth-order valence-electron chi connectivity index (χ4n) is 1.44. The summed E-state index contributed by atoms with van der Waals surface area (Å²) in [5.74, 6) is 0.331. The first kappa shape index (κ1) is 12.8. The number of carbonyl (C=O) groups excluding carboxylic acids is 1. The van der Waals surface area contributed by atoms with Gasteiger partial charge in [-0.25, -0.2) is 9.97 Å². The molecular formula is C12H9Cl2N3O. The van der Waals surface area contributed by atoms with Crippen molar-refractivity contribution in [1.82, 2.24) is 9.97 Å². The van der Waals surface area contributed by atoms with E-state index in [1.807, 2.05) is 19.1 Å². The first-order valence-electron chi connectivity index (χ1n) is 5.10.